The number of rotatable bonds is 6. The number of carbonyl (C=O) groups excluding carboxylic acids is 1. The molecule has 1 aromatic carbocycles. The van der Waals surface area contributed by atoms with E-state index in [-0.39, 0.29) is 12.5 Å². The molecule has 1 saturated heterocycles. The van der Waals surface area contributed by atoms with Crippen LogP contribution in [0.2, 0.25) is 0 Å². The number of piperazine rings is 1. The van der Waals surface area contributed by atoms with Crippen molar-refractivity contribution in [1.82, 2.24) is 44.9 Å². The van der Waals surface area contributed by atoms with Crippen LogP contribution < -0.4 is 10.2 Å². The number of aromatic nitrogens is 8. The lowest BCUT2D eigenvalue weighted by molar-refractivity contribution is -0.117. The summed E-state index contributed by atoms with van der Waals surface area (Å²) in [5.41, 5.74) is 3.37. The highest BCUT2D eigenvalue weighted by molar-refractivity contribution is 5.91. The first-order valence-corrected chi connectivity index (χ1v) is 11.5. The molecule has 0 spiro atoms. The first-order valence-electron chi connectivity index (χ1n) is 11.5. The number of para-hydroxylation sites is 1. The van der Waals surface area contributed by atoms with Crippen LogP contribution in [0.5, 0.6) is 0 Å². The lowest BCUT2D eigenvalue weighted by Gasteiger charge is -2.34. The van der Waals surface area contributed by atoms with E-state index in [0.717, 1.165) is 22.8 Å². The van der Waals surface area contributed by atoms with E-state index in [1.807, 2.05) is 63.2 Å². The van der Waals surface area contributed by atoms with Gasteiger partial charge in [-0.05, 0) is 49.4 Å². The number of tetrazole rings is 1. The molecule has 1 N–H and O–H groups in total. The van der Waals surface area contributed by atoms with Gasteiger partial charge in [-0.15, -0.1) is 0 Å². The van der Waals surface area contributed by atoms with Crippen LogP contribution in [0.3, 0.4) is 0 Å². The SMILES string of the molecule is Cc1cc(C)nc(-n2nc(C)cc2NC(=O)CN2CCN(c3nnnn3-c3ccccc3)CC2)n1. The van der Waals surface area contributed by atoms with E-state index in [1.165, 1.54) is 0 Å². The largest absolute Gasteiger partial charge is 0.337 e. The average molecular weight is 474 g/mol. The number of nitrogens with one attached hydrogen (secondary N) is 1. The fraction of sp³-hybridized carbons (Fsp3) is 0.348. The lowest BCUT2D eigenvalue weighted by Crippen LogP contribution is -2.49. The second kappa shape index (κ2) is 9.58. The number of aryl methyl sites for hydroxylation is 3. The van der Waals surface area contributed by atoms with Crippen molar-refractivity contribution >= 4 is 17.7 Å². The minimum atomic E-state index is -0.113. The molecule has 1 aliphatic heterocycles. The zero-order valence-electron chi connectivity index (χ0n) is 20.0. The number of nitrogens with zero attached hydrogens (tertiary/aromatic N) is 10. The van der Waals surface area contributed by atoms with E-state index >= 15 is 0 Å². The van der Waals surface area contributed by atoms with Gasteiger partial charge in [0.2, 0.25) is 11.9 Å². The summed E-state index contributed by atoms with van der Waals surface area (Å²) in [6.45, 7) is 8.82. The van der Waals surface area contributed by atoms with Crippen molar-refractivity contribution in [2.45, 2.75) is 20.8 Å². The maximum Gasteiger partial charge on any atom is 0.252 e. The van der Waals surface area contributed by atoms with Crippen LogP contribution in [0, 0.1) is 20.8 Å². The molecule has 0 unspecified atom stereocenters. The monoisotopic (exact) mass is 473 g/mol. The Morgan fingerprint density at radius 3 is 2.34 bits per heavy atom. The van der Waals surface area contributed by atoms with Crippen molar-refractivity contribution in [3.63, 3.8) is 0 Å². The van der Waals surface area contributed by atoms with Crippen molar-refractivity contribution in [3.05, 3.63) is 59.5 Å². The van der Waals surface area contributed by atoms with E-state index in [0.29, 0.717) is 43.9 Å². The van der Waals surface area contributed by atoms with Crippen molar-refractivity contribution in [1.29, 1.82) is 0 Å². The predicted octanol–water partition coefficient (Wildman–Crippen LogP) is 1.32. The van der Waals surface area contributed by atoms with Crippen molar-refractivity contribution in [2.75, 3.05) is 42.9 Å². The first-order chi connectivity index (χ1) is 17.0. The molecule has 4 aromatic rings. The normalized spacial score (nSPS) is 14.3. The van der Waals surface area contributed by atoms with Crippen LogP contribution in [0.1, 0.15) is 17.1 Å². The molecule has 4 heterocycles. The molecule has 35 heavy (non-hydrogen) atoms. The Bertz CT molecular complexity index is 1300. The highest BCUT2D eigenvalue weighted by Crippen LogP contribution is 2.18. The number of carbonyl (C=O) groups is 1. The van der Waals surface area contributed by atoms with Gasteiger partial charge in [0, 0.05) is 43.6 Å². The van der Waals surface area contributed by atoms with Crippen LogP contribution in [0.15, 0.2) is 42.5 Å². The number of hydrogen-bond acceptors (Lipinski definition) is 9. The fourth-order valence-corrected chi connectivity index (χ4v) is 4.15. The molecule has 12 nitrogen and oxygen atoms in total. The molecule has 1 amide bonds. The van der Waals surface area contributed by atoms with E-state index in [2.05, 4.69) is 45.7 Å². The van der Waals surface area contributed by atoms with Gasteiger partial charge < -0.3 is 10.2 Å². The minimum absolute atomic E-state index is 0.113. The number of benzene rings is 1. The maximum atomic E-state index is 12.9. The molecule has 12 heteroatoms. The molecular weight excluding hydrogens is 446 g/mol. The molecule has 0 atom stereocenters. The Balaban J connectivity index is 1.21. The third-order valence-electron chi connectivity index (χ3n) is 5.74. The summed E-state index contributed by atoms with van der Waals surface area (Å²) < 4.78 is 3.31. The molecule has 0 bridgehead atoms. The lowest BCUT2D eigenvalue weighted by atomic mass is 10.3. The van der Waals surface area contributed by atoms with Gasteiger partial charge in [0.15, 0.2) is 0 Å². The molecular formula is C23H27N11O. The Morgan fingerprint density at radius 2 is 1.63 bits per heavy atom. The molecule has 0 radical (unpaired) electrons. The van der Waals surface area contributed by atoms with Gasteiger partial charge in [0.25, 0.3) is 5.95 Å². The average Bonchev–Trinajstić information content (AvgIpc) is 3.46. The molecule has 0 aliphatic carbocycles. The Kier molecular flexibility index (Phi) is 6.19. The summed E-state index contributed by atoms with van der Waals surface area (Å²) in [4.78, 5) is 26.1. The van der Waals surface area contributed by atoms with Gasteiger partial charge in [0.1, 0.15) is 5.82 Å². The van der Waals surface area contributed by atoms with E-state index < -0.39 is 0 Å². The molecule has 3 aromatic heterocycles. The third-order valence-corrected chi connectivity index (χ3v) is 5.74. The summed E-state index contributed by atoms with van der Waals surface area (Å²) >= 11 is 0. The smallest absolute Gasteiger partial charge is 0.252 e. The summed E-state index contributed by atoms with van der Waals surface area (Å²) in [6.07, 6.45) is 0. The minimum Gasteiger partial charge on any atom is -0.337 e. The fourth-order valence-electron chi connectivity index (χ4n) is 4.15. The van der Waals surface area contributed by atoms with Gasteiger partial charge in [-0.3, -0.25) is 9.69 Å². The Morgan fingerprint density at radius 1 is 0.914 bits per heavy atom. The van der Waals surface area contributed by atoms with Crippen LogP contribution in [0.4, 0.5) is 11.8 Å². The zero-order valence-corrected chi connectivity index (χ0v) is 20.0. The molecule has 0 saturated carbocycles. The second-order valence-corrected chi connectivity index (χ2v) is 8.57. The molecule has 5 rings (SSSR count). The van der Waals surface area contributed by atoms with Gasteiger partial charge >= 0.3 is 0 Å². The van der Waals surface area contributed by atoms with Gasteiger partial charge in [-0.1, -0.05) is 23.3 Å². The Labute approximate surface area is 202 Å². The topological polar surface area (TPSA) is 123 Å². The molecule has 1 aliphatic rings. The summed E-state index contributed by atoms with van der Waals surface area (Å²) in [5, 5.41) is 19.7. The van der Waals surface area contributed by atoms with Crippen molar-refractivity contribution in [3.8, 4) is 11.6 Å². The highest BCUT2D eigenvalue weighted by Gasteiger charge is 2.24. The second-order valence-electron chi connectivity index (χ2n) is 8.57. The summed E-state index contributed by atoms with van der Waals surface area (Å²) in [6, 6.07) is 13.5. The predicted molar refractivity (Wildman–Crippen MR) is 130 cm³/mol. The maximum absolute atomic E-state index is 12.9. The number of anilines is 2. The quantitative estimate of drug-likeness (QED) is 0.442. The first kappa shape index (κ1) is 22.6. The van der Waals surface area contributed by atoms with E-state index in [9.17, 15) is 4.79 Å². The summed E-state index contributed by atoms with van der Waals surface area (Å²) in [7, 11) is 0. The molecule has 1 fully saturated rings. The third kappa shape index (κ3) is 5.01. The summed E-state index contributed by atoms with van der Waals surface area (Å²) in [5.74, 6) is 1.58. The van der Waals surface area contributed by atoms with Crippen LogP contribution in [-0.2, 0) is 4.79 Å². The van der Waals surface area contributed by atoms with Gasteiger partial charge in [-0.25, -0.2) is 9.97 Å². The van der Waals surface area contributed by atoms with Crippen LogP contribution in [0.25, 0.3) is 11.6 Å². The van der Waals surface area contributed by atoms with Gasteiger partial charge in [-0.2, -0.15) is 14.5 Å². The number of amides is 1. The standard InChI is InChI=1S/C23H27N11O/c1-16-13-17(2)25-22(24-16)34-20(14-18(3)28-34)26-21(35)15-31-9-11-32(12-10-31)23-27-29-30-33(23)19-7-5-4-6-8-19/h4-8,13-14H,9-12,15H2,1-3H3,(H,26,35). The molecule has 180 valence electrons. The van der Waals surface area contributed by atoms with Crippen LogP contribution >= 0.6 is 0 Å². The zero-order chi connectivity index (χ0) is 24.4. The van der Waals surface area contributed by atoms with Crippen molar-refractivity contribution in [2.24, 2.45) is 0 Å². The van der Waals surface area contributed by atoms with Crippen molar-refractivity contribution < 1.29 is 4.79 Å². The number of hydrogen-bond donors (Lipinski definition) is 1. The van der Waals surface area contributed by atoms with E-state index in [1.54, 1.807) is 9.36 Å². The van der Waals surface area contributed by atoms with Crippen LogP contribution in [-0.4, -0.2) is 83.5 Å². The van der Waals surface area contributed by atoms with E-state index in [4.69, 9.17) is 0 Å². The Hall–Kier alpha value is -4.19. The highest BCUT2D eigenvalue weighted by atomic mass is 16.2. The van der Waals surface area contributed by atoms with Gasteiger partial charge in [0.05, 0.1) is 17.9 Å².